The van der Waals surface area contributed by atoms with Crippen LogP contribution in [0.15, 0.2) is 58.5 Å². The lowest BCUT2D eigenvalue weighted by Gasteiger charge is -2.13. The first-order valence-corrected chi connectivity index (χ1v) is 9.56. The molecule has 0 atom stereocenters. The summed E-state index contributed by atoms with van der Waals surface area (Å²) in [5.74, 6) is -2.44. The molecular weight excluding hydrogens is 390 g/mol. The minimum atomic E-state index is -1.25. The van der Waals surface area contributed by atoms with Crippen LogP contribution in [0, 0.1) is 5.92 Å². The number of benzene rings is 1. The number of furan rings is 1. The van der Waals surface area contributed by atoms with E-state index in [1.807, 2.05) is 0 Å². The van der Waals surface area contributed by atoms with Crippen LogP contribution in [0.5, 0.6) is 0 Å². The number of anilines is 1. The van der Waals surface area contributed by atoms with Gasteiger partial charge in [0.05, 0.1) is 6.26 Å². The number of carboxylic acids is 1. The van der Waals surface area contributed by atoms with E-state index < -0.39 is 35.8 Å². The number of rotatable bonds is 10. The molecule has 1 aromatic heterocycles. The number of hydrogen-bond acceptors (Lipinski definition) is 6. The Hall–Kier alpha value is -3.75. The van der Waals surface area contributed by atoms with Gasteiger partial charge in [0.2, 0.25) is 5.88 Å². The molecule has 0 spiro atoms. The van der Waals surface area contributed by atoms with Crippen molar-refractivity contribution in [1.29, 1.82) is 0 Å². The molecule has 9 heteroatoms. The molecule has 0 radical (unpaired) electrons. The van der Waals surface area contributed by atoms with Crippen molar-refractivity contribution in [2.45, 2.75) is 19.3 Å². The minimum Gasteiger partial charge on any atom is -0.494 e. The van der Waals surface area contributed by atoms with E-state index in [2.05, 4.69) is 16.0 Å². The summed E-state index contributed by atoms with van der Waals surface area (Å²) >= 11 is 0. The first-order valence-electron chi connectivity index (χ1n) is 9.56. The largest absolute Gasteiger partial charge is 0.494 e. The normalized spacial score (nSPS) is 13.9. The molecule has 30 heavy (non-hydrogen) atoms. The van der Waals surface area contributed by atoms with Crippen molar-refractivity contribution in [2.75, 3.05) is 18.4 Å². The van der Waals surface area contributed by atoms with Crippen molar-refractivity contribution in [3.8, 4) is 11.3 Å². The second-order valence-corrected chi connectivity index (χ2v) is 6.97. The molecule has 3 rings (SSSR count). The smallest absolute Gasteiger partial charge is 0.322 e. The molecule has 1 heterocycles. The SMILES string of the molecule is O=C(O)CNC(O)=C(C(=O)NCCC1CC1)C(=O)Nc1ccc(-c2ccco2)cc1. The maximum absolute atomic E-state index is 12.7. The summed E-state index contributed by atoms with van der Waals surface area (Å²) in [4.78, 5) is 35.9. The average molecular weight is 413 g/mol. The summed E-state index contributed by atoms with van der Waals surface area (Å²) < 4.78 is 5.31. The molecule has 0 bridgehead atoms. The Bertz CT molecular complexity index is 930. The number of aliphatic hydroxyl groups is 1. The lowest BCUT2D eigenvalue weighted by Crippen LogP contribution is -2.36. The number of nitrogens with one attached hydrogen (secondary N) is 3. The summed E-state index contributed by atoms with van der Waals surface area (Å²) in [5, 5.41) is 26.2. The van der Waals surface area contributed by atoms with Crippen LogP contribution in [0.1, 0.15) is 19.3 Å². The van der Waals surface area contributed by atoms with E-state index in [0.29, 0.717) is 23.9 Å². The van der Waals surface area contributed by atoms with Gasteiger partial charge in [-0.3, -0.25) is 14.4 Å². The van der Waals surface area contributed by atoms with Crippen molar-refractivity contribution < 1.29 is 29.0 Å². The maximum Gasteiger partial charge on any atom is 0.322 e. The third-order valence-corrected chi connectivity index (χ3v) is 4.58. The standard InChI is InChI=1S/C21H23N3O6/c25-17(26)12-23-20(28)18(19(27)22-10-9-13-3-4-13)21(29)24-15-7-5-14(6-8-15)16-2-1-11-30-16/h1-2,5-8,11,13,23,28H,3-4,9-10,12H2,(H,22,27)(H,24,29)(H,25,26). The van der Waals surface area contributed by atoms with Gasteiger partial charge in [-0.1, -0.05) is 12.8 Å². The summed E-state index contributed by atoms with van der Waals surface area (Å²) in [6.45, 7) is -0.278. The van der Waals surface area contributed by atoms with Gasteiger partial charge in [0, 0.05) is 17.8 Å². The summed E-state index contributed by atoms with van der Waals surface area (Å²) in [6, 6.07) is 10.3. The Kier molecular flexibility index (Phi) is 6.74. The maximum atomic E-state index is 12.7. The highest BCUT2D eigenvalue weighted by Gasteiger charge is 2.26. The van der Waals surface area contributed by atoms with E-state index >= 15 is 0 Å². The van der Waals surface area contributed by atoms with E-state index in [1.54, 1.807) is 42.7 Å². The molecular formula is C21H23N3O6. The molecule has 2 aromatic rings. The van der Waals surface area contributed by atoms with Gasteiger partial charge < -0.3 is 30.6 Å². The third kappa shape index (κ3) is 5.87. The van der Waals surface area contributed by atoms with Crippen LogP contribution in [0.2, 0.25) is 0 Å². The number of carbonyl (C=O) groups is 3. The molecule has 0 saturated heterocycles. The monoisotopic (exact) mass is 413 g/mol. The van der Waals surface area contributed by atoms with Crippen LogP contribution < -0.4 is 16.0 Å². The Balaban J connectivity index is 1.70. The van der Waals surface area contributed by atoms with Crippen LogP contribution in [0.25, 0.3) is 11.3 Å². The Morgan fingerprint density at radius 2 is 1.73 bits per heavy atom. The summed E-state index contributed by atoms with van der Waals surface area (Å²) in [6.07, 6.45) is 4.59. The highest BCUT2D eigenvalue weighted by molar-refractivity contribution is 6.23. The van der Waals surface area contributed by atoms with Crippen molar-refractivity contribution in [1.82, 2.24) is 10.6 Å². The van der Waals surface area contributed by atoms with E-state index in [1.165, 1.54) is 0 Å². The lowest BCUT2D eigenvalue weighted by atomic mass is 10.1. The zero-order valence-corrected chi connectivity index (χ0v) is 16.2. The minimum absolute atomic E-state index is 0.365. The molecule has 158 valence electrons. The van der Waals surface area contributed by atoms with Gasteiger partial charge in [0.15, 0.2) is 5.57 Å². The fraction of sp³-hybridized carbons (Fsp3) is 0.286. The number of amides is 2. The van der Waals surface area contributed by atoms with Gasteiger partial charge in [-0.15, -0.1) is 0 Å². The molecule has 0 aliphatic heterocycles. The van der Waals surface area contributed by atoms with Gasteiger partial charge in [-0.25, -0.2) is 0 Å². The molecule has 9 nitrogen and oxygen atoms in total. The number of hydrogen-bond donors (Lipinski definition) is 5. The molecule has 1 aliphatic rings. The van der Waals surface area contributed by atoms with Crippen LogP contribution in [-0.4, -0.2) is 41.1 Å². The van der Waals surface area contributed by atoms with E-state index in [9.17, 15) is 19.5 Å². The number of aliphatic hydroxyl groups excluding tert-OH is 1. The quantitative estimate of drug-likeness (QED) is 0.174. The van der Waals surface area contributed by atoms with Crippen molar-refractivity contribution in [3.05, 3.63) is 54.1 Å². The van der Waals surface area contributed by atoms with Gasteiger partial charge in [-0.2, -0.15) is 0 Å². The molecule has 1 saturated carbocycles. The van der Waals surface area contributed by atoms with Crippen molar-refractivity contribution >= 4 is 23.5 Å². The van der Waals surface area contributed by atoms with E-state index in [4.69, 9.17) is 9.52 Å². The predicted molar refractivity (Wildman–Crippen MR) is 108 cm³/mol. The second-order valence-electron chi connectivity index (χ2n) is 6.97. The zero-order valence-electron chi connectivity index (χ0n) is 16.2. The van der Waals surface area contributed by atoms with Gasteiger partial charge in [-0.05, 0) is 48.7 Å². The first-order chi connectivity index (χ1) is 14.4. The second kappa shape index (κ2) is 9.64. The van der Waals surface area contributed by atoms with Crippen molar-refractivity contribution in [3.63, 3.8) is 0 Å². The third-order valence-electron chi connectivity index (χ3n) is 4.58. The molecule has 1 aliphatic carbocycles. The molecule has 1 fully saturated rings. The van der Waals surface area contributed by atoms with Gasteiger partial charge >= 0.3 is 5.97 Å². The lowest BCUT2D eigenvalue weighted by molar-refractivity contribution is -0.136. The van der Waals surface area contributed by atoms with Crippen LogP contribution in [-0.2, 0) is 14.4 Å². The fourth-order valence-corrected chi connectivity index (χ4v) is 2.80. The van der Waals surface area contributed by atoms with Gasteiger partial charge in [0.25, 0.3) is 11.8 Å². The van der Waals surface area contributed by atoms with Crippen molar-refractivity contribution in [2.24, 2.45) is 5.92 Å². The number of carboxylic acid groups (broad SMARTS) is 1. The Morgan fingerprint density at radius 1 is 1.00 bits per heavy atom. The van der Waals surface area contributed by atoms with Gasteiger partial charge in [0.1, 0.15) is 12.3 Å². The first kappa shape index (κ1) is 21.0. The van der Waals surface area contributed by atoms with Crippen LogP contribution in [0.3, 0.4) is 0 Å². The molecule has 0 unspecified atom stereocenters. The van der Waals surface area contributed by atoms with Crippen LogP contribution >= 0.6 is 0 Å². The summed E-state index contributed by atoms with van der Waals surface area (Å²) in [5.41, 5.74) is 0.615. The summed E-state index contributed by atoms with van der Waals surface area (Å²) in [7, 11) is 0. The van der Waals surface area contributed by atoms with E-state index in [0.717, 1.165) is 24.8 Å². The Morgan fingerprint density at radius 3 is 2.33 bits per heavy atom. The topological polar surface area (TPSA) is 141 Å². The average Bonchev–Trinajstić information content (AvgIpc) is 3.37. The molecule has 2 amide bonds. The fourth-order valence-electron chi connectivity index (χ4n) is 2.80. The number of aliphatic carboxylic acids is 1. The molecule has 5 N–H and O–H groups in total. The molecule has 1 aromatic carbocycles. The van der Waals surface area contributed by atoms with E-state index in [-0.39, 0.29) is 0 Å². The highest BCUT2D eigenvalue weighted by Crippen LogP contribution is 2.31. The number of carbonyl (C=O) groups excluding carboxylic acids is 2. The predicted octanol–water partition coefficient (Wildman–Crippen LogP) is 2.25. The zero-order chi connectivity index (χ0) is 21.5. The van der Waals surface area contributed by atoms with Crippen LogP contribution in [0.4, 0.5) is 5.69 Å². The highest BCUT2D eigenvalue weighted by atomic mass is 16.4. The Labute approximate surface area is 172 Å².